The minimum Gasteiger partial charge on any atom is -0.280 e. The predicted octanol–water partition coefficient (Wildman–Crippen LogP) is 2.45. The van der Waals surface area contributed by atoms with Crippen LogP contribution >= 0.6 is 23.4 Å². The molecule has 0 heterocycles. The number of carbonyl (C=O) groups excluding carboxylic acids is 1. The molecule has 0 fully saturated rings. The van der Waals surface area contributed by atoms with E-state index in [1.54, 1.807) is 19.9 Å². The maximum atomic E-state index is 10.7. The maximum absolute atomic E-state index is 10.7. The average molecular weight is 179 g/mol. The highest BCUT2D eigenvalue weighted by Crippen LogP contribution is 2.26. The number of hydrogen-bond donors (Lipinski definition) is 0. The van der Waals surface area contributed by atoms with Crippen LogP contribution in [0.15, 0.2) is 12.7 Å². The van der Waals surface area contributed by atoms with Gasteiger partial charge < -0.3 is 0 Å². The van der Waals surface area contributed by atoms with Crippen molar-refractivity contribution in [3.05, 3.63) is 12.7 Å². The Balaban J connectivity index is 3.86. The number of rotatable bonds is 4. The Morgan fingerprint density at radius 2 is 2.30 bits per heavy atom. The van der Waals surface area contributed by atoms with E-state index < -0.39 is 4.75 Å². The molecule has 0 N–H and O–H groups in total. The summed E-state index contributed by atoms with van der Waals surface area (Å²) in [6.45, 7) is 7.15. The molecular weight excluding hydrogens is 168 g/mol. The molecule has 0 atom stereocenters. The summed E-state index contributed by atoms with van der Waals surface area (Å²) in [6, 6.07) is 0. The highest BCUT2D eigenvalue weighted by molar-refractivity contribution is 8.01. The van der Waals surface area contributed by atoms with Crippen LogP contribution in [0.2, 0.25) is 0 Å². The SMILES string of the molecule is C=CCSC(C)(C)C(=O)Cl. The lowest BCUT2D eigenvalue weighted by atomic mass is 10.2. The number of hydrogen-bond acceptors (Lipinski definition) is 2. The van der Waals surface area contributed by atoms with E-state index in [1.807, 2.05) is 0 Å². The van der Waals surface area contributed by atoms with Crippen LogP contribution in [0.25, 0.3) is 0 Å². The Hall–Kier alpha value is 0.0500. The highest BCUT2D eigenvalue weighted by atomic mass is 35.5. The summed E-state index contributed by atoms with van der Waals surface area (Å²) in [4.78, 5) is 10.7. The lowest BCUT2D eigenvalue weighted by molar-refractivity contribution is -0.113. The van der Waals surface area contributed by atoms with Crippen LogP contribution in [0.3, 0.4) is 0 Å². The lowest BCUT2D eigenvalue weighted by Gasteiger charge is -2.16. The lowest BCUT2D eigenvalue weighted by Crippen LogP contribution is -2.23. The van der Waals surface area contributed by atoms with Gasteiger partial charge in [-0.25, -0.2) is 0 Å². The largest absolute Gasteiger partial charge is 0.280 e. The molecule has 0 aromatic rings. The summed E-state index contributed by atoms with van der Waals surface area (Å²) in [6.07, 6.45) is 1.76. The Bertz CT molecular complexity index is 143. The molecule has 3 heteroatoms. The van der Waals surface area contributed by atoms with Gasteiger partial charge in [-0.2, -0.15) is 0 Å². The fourth-order valence-corrected chi connectivity index (χ4v) is 1.14. The molecule has 0 bridgehead atoms. The molecule has 0 saturated heterocycles. The van der Waals surface area contributed by atoms with Gasteiger partial charge in [-0.05, 0) is 25.4 Å². The average Bonchev–Trinajstić information content (AvgIpc) is 1.84. The van der Waals surface area contributed by atoms with E-state index in [9.17, 15) is 4.79 Å². The fourth-order valence-electron chi connectivity index (χ4n) is 0.324. The van der Waals surface area contributed by atoms with E-state index in [0.717, 1.165) is 5.75 Å². The number of thioether (sulfide) groups is 1. The second-order valence-electron chi connectivity index (χ2n) is 2.38. The van der Waals surface area contributed by atoms with Crippen LogP contribution in [0.5, 0.6) is 0 Å². The summed E-state index contributed by atoms with van der Waals surface area (Å²) in [5, 5.41) is -0.306. The first-order valence-corrected chi connectivity index (χ1v) is 4.32. The van der Waals surface area contributed by atoms with Crippen LogP contribution in [0, 0.1) is 0 Å². The molecule has 58 valence electrons. The first kappa shape index (κ1) is 10.0. The Kier molecular flexibility index (Phi) is 4.06. The van der Waals surface area contributed by atoms with Gasteiger partial charge in [-0.3, -0.25) is 4.79 Å². The van der Waals surface area contributed by atoms with Crippen molar-refractivity contribution in [3.8, 4) is 0 Å². The van der Waals surface area contributed by atoms with E-state index in [0.29, 0.717) is 0 Å². The van der Waals surface area contributed by atoms with Gasteiger partial charge in [-0.1, -0.05) is 6.08 Å². The third-order valence-corrected chi connectivity index (χ3v) is 2.93. The van der Waals surface area contributed by atoms with Crippen molar-refractivity contribution in [3.63, 3.8) is 0 Å². The monoisotopic (exact) mass is 178 g/mol. The summed E-state index contributed by atoms with van der Waals surface area (Å²) in [5.41, 5.74) is 0. The van der Waals surface area contributed by atoms with Crippen molar-refractivity contribution in [1.82, 2.24) is 0 Å². The molecule has 0 aromatic heterocycles. The van der Waals surface area contributed by atoms with Crippen LogP contribution < -0.4 is 0 Å². The molecular formula is C7H11ClOS. The zero-order chi connectivity index (χ0) is 8.20. The molecule has 0 aliphatic carbocycles. The summed E-state index contributed by atoms with van der Waals surface area (Å²) >= 11 is 6.80. The van der Waals surface area contributed by atoms with Crippen LogP contribution in [0.1, 0.15) is 13.8 Å². The molecule has 0 spiro atoms. The van der Waals surface area contributed by atoms with E-state index in [4.69, 9.17) is 11.6 Å². The molecule has 0 saturated carbocycles. The Morgan fingerprint density at radius 1 is 1.80 bits per heavy atom. The van der Waals surface area contributed by atoms with Gasteiger partial charge in [0.05, 0.1) is 4.75 Å². The first-order chi connectivity index (χ1) is 4.50. The highest BCUT2D eigenvalue weighted by Gasteiger charge is 2.25. The van der Waals surface area contributed by atoms with E-state index in [2.05, 4.69) is 6.58 Å². The van der Waals surface area contributed by atoms with Crippen LogP contribution in [-0.4, -0.2) is 15.7 Å². The smallest absolute Gasteiger partial charge is 0.237 e. The topological polar surface area (TPSA) is 17.1 Å². The first-order valence-electron chi connectivity index (χ1n) is 2.95. The Labute approximate surface area is 70.8 Å². The minimum atomic E-state index is -0.476. The van der Waals surface area contributed by atoms with Crippen LogP contribution in [-0.2, 0) is 4.79 Å². The second-order valence-corrected chi connectivity index (χ2v) is 4.37. The molecule has 0 aliphatic rings. The van der Waals surface area contributed by atoms with Crippen molar-refractivity contribution >= 4 is 28.6 Å². The summed E-state index contributed by atoms with van der Waals surface area (Å²) in [7, 11) is 0. The Morgan fingerprint density at radius 3 is 2.60 bits per heavy atom. The number of halogens is 1. The quantitative estimate of drug-likeness (QED) is 0.486. The fraction of sp³-hybridized carbons (Fsp3) is 0.571. The van der Waals surface area contributed by atoms with Crippen LogP contribution in [0.4, 0.5) is 0 Å². The normalized spacial score (nSPS) is 11.1. The molecule has 0 amide bonds. The van der Waals surface area contributed by atoms with E-state index in [1.165, 1.54) is 11.8 Å². The summed E-state index contributed by atoms with van der Waals surface area (Å²) < 4.78 is -0.476. The molecule has 0 rings (SSSR count). The van der Waals surface area contributed by atoms with Gasteiger partial charge in [0.25, 0.3) is 0 Å². The van der Waals surface area contributed by atoms with Gasteiger partial charge in [-0.15, -0.1) is 18.3 Å². The van der Waals surface area contributed by atoms with Crippen molar-refractivity contribution in [2.45, 2.75) is 18.6 Å². The van der Waals surface area contributed by atoms with Gasteiger partial charge in [0.15, 0.2) is 0 Å². The zero-order valence-electron chi connectivity index (χ0n) is 6.19. The zero-order valence-corrected chi connectivity index (χ0v) is 7.76. The van der Waals surface area contributed by atoms with Crippen molar-refractivity contribution in [2.75, 3.05) is 5.75 Å². The van der Waals surface area contributed by atoms with Gasteiger partial charge in [0, 0.05) is 5.75 Å². The van der Waals surface area contributed by atoms with Crippen molar-refractivity contribution in [2.24, 2.45) is 0 Å². The van der Waals surface area contributed by atoms with E-state index >= 15 is 0 Å². The van der Waals surface area contributed by atoms with Crippen molar-refractivity contribution < 1.29 is 4.79 Å². The van der Waals surface area contributed by atoms with Gasteiger partial charge >= 0.3 is 0 Å². The minimum absolute atomic E-state index is 0.306. The third kappa shape index (κ3) is 3.28. The molecule has 0 aliphatic heterocycles. The van der Waals surface area contributed by atoms with Crippen molar-refractivity contribution in [1.29, 1.82) is 0 Å². The molecule has 0 aromatic carbocycles. The maximum Gasteiger partial charge on any atom is 0.237 e. The van der Waals surface area contributed by atoms with Gasteiger partial charge in [0.2, 0.25) is 5.24 Å². The standard InChI is InChI=1S/C7H11ClOS/c1-4-5-10-7(2,3)6(8)9/h4H,1,5H2,2-3H3. The molecule has 1 nitrogen and oxygen atoms in total. The van der Waals surface area contributed by atoms with Gasteiger partial charge in [0.1, 0.15) is 0 Å². The molecule has 0 unspecified atom stereocenters. The summed E-state index contributed by atoms with van der Waals surface area (Å²) in [5.74, 6) is 0.755. The third-order valence-electron chi connectivity index (χ3n) is 1.04. The number of carbonyl (C=O) groups is 1. The molecule has 10 heavy (non-hydrogen) atoms. The predicted molar refractivity (Wildman–Crippen MR) is 47.6 cm³/mol. The molecule has 0 radical (unpaired) electrons. The van der Waals surface area contributed by atoms with E-state index in [-0.39, 0.29) is 5.24 Å². The second kappa shape index (κ2) is 4.04.